The molecule has 0 aliphatic heterocycles. The van der Waals surface area contributed by atoms with E-state index in [2.05, 4.69) is 5.10 Å². The van der Waals surface area contributed by atoms with Crippen molar-refractivity contribution in [1.82, 2.24) is 9.83 Å². The van der Waals surface area contributed by atoms with Crippen molar-refractivity contribution in [3.8, 4) is 0 Å². The van der Waals surface area contributed by atoms with Gasteiger partial charge in [-0.1, -0.05) is 0 Å². The second-order valence-corrected chi connectivity index (χ2v) is 2.37. The van der Waals surface area contributed by atoms with Crippen LogP contribution in [0.1, 0.15) is 0 Å². The highest BCUT2D eigenvalue weighted by Crippen LogP contribution is 1.99. The van der Waals surface area contributed by atoms with Crippen LogP contribution in [0.25, 0.3) is 11.2 Å². The molecule has 13 heavy (non-hydrogen) atoms. The summed E-state index contributed by atoms with van der Waals surface area (Å²) in [4.78, 5) is 11.0. The van der Waals surface area contributed by atoms with E-state index in [1.165, 1.54) is 12.1 Å². The first-order valence-corrected chi connectivity index (χ1v) is 3.40. The van der Waals surface area contributed by atoms with Gasteiger partial charge in [-0.05, 0) is 6.07 Å². The highest BCUT2D eigenvalue weighted by atomic mass is 16.5. The smallest absolute Gasteiger partial charge is 0.384 e. The Balaban J connectivity index is 3.09. The van der Waals surface area contributed by atoms with Crippen LogP contribution in [0.15, 0.2) is 24.7 Å². The largest absolute Gasteiger partial charge is 0.710 e. The zero-order valence-corrected chi connectivity index (χ0v) is 6.32. The molecule has 0 amide bonds. The summed E-state index contributed by atoms with van der Waals surface area (Å²) in [7, 11) is 0. The van der Waals surface area contributed by atoms with E-state index >= 15 is 0 Å². The molecule has 0 N–H and O–H groups in total. The van der Waals surface area contributed by atoms with Crippen LogP contribution in [-0.4, -0.2) is 9.83 Å². The first kappa shape index (κ1) is 7.47. The third kappa shape index (κ3) is 0.975. The van der Waals surface area contributed by atoms with Crippen molar-refractivity contribution in [1.29, 1.82) is 0 Å². The topological polar surface area (TPSA) is 90.8 Å². The van der Waals surface area contributed by atoms with E-state index in [1.54, 1.807) is 0 Å². The number of fused-ring (bicyclic) bond motifs is 1. The predicted octanol–water partition coefficient (Wildman–Crippen LogP) is -1.07. The molecule has 2 rings (SSSR count). The van der Waals surface area contributed by atoms with E-state index in [0.717, 1.165) is 12.5 Å². The summed E-state index contributed by atoms with van der Waals surface area (Å²) < 4.78 is 0.785. The molecule has 0 unspecified atom stereocenters. The molecule has 66 valence electrons. The molecule has 0 saturated carbocycles. The number of rotatable bonds is 0. The van der Waals surface area contributed by atoms with Crippen LogP contribution in [0.2, 0.25) is 0 Å². The van der Waals surface area contributed by atoms with Crippen LogP contribution >= 0.6 is 0 Å². The number of nitrogens with zero attached hydrogens (tertiary/aromatic N) is 4. The Morgan fingerprint density at radius 3 is 3.00 bits per heavy atom. The molecule has 2 heterocycles. The summed E-state index contributed by atoms with van der Waals surface area (Å²) in [5.41, 5.74) is -0.331. The summed E-state index contributed by atoms with van der Waals surface area (Å²) in [5.74, 6) is 0. The molecular formula is C6H4N4O3. The van der Waals surface area contributed by atoms with Gasteiger partial charge in [-0.3, -0.25) is 0 Å². The molecule has 0 aliphatic rings. The lowest BCUT2D eigenvalue weighted by Crippen LogP contribution is -2.34. The van der Waals surface area contributed by atoms with Gasteiger partial charge in [0, 0.05) is 6.07 Å². The third-order valence-corrected chi connectivity index (χ3v) is 1.59. The predicted molar refractivity (Wildman–Crippen MR) is 40.8 cm³/mol. The minimum absolute atomic E-state index is 0.0602. The molecule has 2 aromatic rings. The Labute approximate surface area is 71.2 Å². The maximum Gasteiger partial charge on any atom is 0.384 e. The van der Waals surface area contributed by atoms with Crippen LogP contribution < -0.4 is 9.27 Å². The van der Waals surface area contributed by atoms with Crippen LogP contribution in [0.4, 0.5) is 0 Å². The van der Waals surface area contributed by atoms with Gasteiger partial charge in [0.2, 0.25) is 4.54 Å². The molecule has 7 heteroatoms. The Bertz CT molecular complexity index is 513. The van der Waals surface area contributed by atoms with E-state index in [0.29, 0.717) is 4.73 Å². The van der Waals surface area contributed by atoms with E-state index in [1.807, 2.05) is 0 Å². The normalized spacial score (nSPS) is 10.5. The fourth-order valence-electron chi connectivity index (χ4n) is 1.04. The van der Waals surface area contributed by atoms with E-state index < -0.39 is 0 Å². The minimum atomic E-state index is -0.271. The van der Waals surface area contributed by atoms with Crippen LogP contribution in [0, 0.1) is 15.3 Å². The molecule has 0 aromatic carbocycles. The van der Waals surface area contributed by atoms with Crippen LogP contribution in [-0.2, 0) is 0 Å². The van der Waals surface area contributed by atoms with Crippen molar-refractivity contribution in [3.05, 3.63) is 40.0 Å². The van der Waals surface area contributed by atoms with Crippen molar-refractivity contribution in [2.45, 2.75) is 0 Å². The average molecular weight is 180 g/mol. The summed E-state index contributed by atoms with van der Waals surface area (Å²) in [6, 6.07) is 2.71. The zero-order valence-electron chi connectivity index (χ0n) is 6.32. The molecule has 0 saturated heterocycles. The lowest BCUT2D eigenvalue weighted by Gasteiger charge is -2.05. The number of pyridine rings is 1. The Morgan fingerprint density at radius 2 is 2.31 bits per heavy atom. The minimum Gasteiger partial charge on any atom is -0.710 e. The summed E-state index contributed by atoms with van der Waals surface area (Å²) in [6.07, 6.45) is 1.88. The van der Waals surface area contributed by atoms with Gasteiger partial charge in [0.15, 0.2) is 0 Å². The molecule has 0 bridgehead atoms. The molecular weight excluding hydrogens is 176 g/mol. The highest BCUT2D eigenvalue weighted by Gasteiger charge is 2.15. The Hall–Kier alpha value is -2.18. The highest BCUT2D eigenvalue weighted by molar-refractivity contribution is 5.61. The van der Waals surface area contributed by atoms with E-state index in [4.69, 9.17) is 0 Å². The van der Waals surface area contributed by atoms with Gasteiger partial charge in [0.05, 0.1) is 16.2 Å². The first-order valence-electron chi connectivity index (χ1n) is 3.40. The first-order chi connectivity index (χ1) is 6.20. The van der Waals surface area contributed by atoms with Gasteiger partial charge < -0.3 is 10.4 Å². The maximum absolute atomic E-state index is 11.1. The summed E-state index contributed by atoms with van der Waals surface area (Å²) in [6.45, 7) is 0. The molecule has 0 radical (unpaired) electrons. The fourth-order valence-corrected chi connectivity index (χ4v) is 1.04. The standard InChI is InChI=1S/C6H4N4O3/c11-8-3-1-2-5-6(8)9(12)4-7-10(5)13/h1-4H. The summed E-state index contributed by atoms with van der Waals surface area (Å²) >= 11 is 0. The van der Waals surface area contributed by atoms with Crippen molar-refractivity contribution < 1.29 is 9.27 Å². The zero-order chi connectivity index (χ0) is 9.42. The lowest BCUT2D eigenvalue weighted by atomic mass is 10.4. The van der Waals surface area contributed by atoms with Gasteiger partial charge in [-0.15, -0.1) is 0 Å². The fraction of sp³-hybridized carbons (Fsp3) is 0. The monoisotopic (exact) mass is 180 g/mol. The average Bonchev–Trinajstić information content (AvgIpc) is 2.12. The lowest BCUT2D eigenvalue weighted by molar-refractivity contribution is -0.591. The van der Waals surface area contributed by atoms with Gasteiger partial charge in [-0.25, -0.2) is 9.46 Å². The number of aromatic nitrogens is 4. The van der Waals surface area contributed by atoms with Gasteiger partial charge in [0.1, 0.15) is 0 Å². The second kappa shape index (κ2) is 2.41. The van der Waals surface area contributed by atoms with Crippen molar-refractivity contribution in [3.63, 3.8) is 0 Å². The molecule has 0 aliphatic carbocycles. The molecule has 7 nitrogen and oxygen atoms in total. The quantitative estimate of drug-likeness (QED) is 0.381. The molecule has 0 atom stereocenters. The maximum atomic E-state index is 11.1. The number of hydrogen-bond acceptors (Lipinski definition) is 4. The summed E-state index contributed by atoms with van der Waals surface area (Å²) in [5, 5.41) is 25.3. The molecule has 0 spiro atoms. The Kier molecular flexibility index (Phi) is 1.38. The van der Waals surface area contributed by atoms with Crippen molar-refractivity contribution >= 4 is 11.2 Å². The molecule has 0 fully saturated rings. The van der Waals surface area contributed by atoms with Crippen molar-refractivity contribution in [2.75, 3.05) is 0 Å². The van der Waals surface area contributed by atoms with Crippen molar-refractivity contribution in [2.24, 2.45) is 0 Å². The SMILES string of the molecule is O=[n+]1ncn([O-])c2c1ccc[n+]2[O-]. The van der Waals surface area contributed by atoms with Gasteiger partial charge in [0.25, 0.3) is 6.33 Å². The third-order valence-electron chi connectivity index (χ3n) is 1.59. The number of hydrogen-bond donors (Lipinski definition) is 0. The van der Waals surface area contributed by atoms with Gasteiger partial charge >= 0.3 is 11.2 Å². The second-order valence-electron chi connectivity index (χ2n) is 2.37. The Morgan fingerprint density at radius 1 is 1.54 bits per heavy atom. The van der Waals surface area contributed by atoms with Crippen LogP contribution in [0.5, 0.6) is 0 Å². The van der Waals surface area contributed by atoms with E-state index in [9.17, 15) is 15.3 Å². The van der Waals surface area contributed by atoms with Gasteiger partial charge in [-0.2, -0.15) is 0 Å². The van der Waals surface area contributed by atoms with Crippen LogP contribution in [0.3, 0.4) is 0 Å². The molecule has 2 aromatic heterocycles. The van der Waals surface area contributed by atoms with E-state index in [-0.39, 0.29) is 20.4 Å².